The van der Waals surface area contributed by atoms with Gasteiger partial charge < -0.3 is 20.3 Å². The molecule has 1 aromatic carbocycles. The third-order valence-corrected chi connectivity index (χ3v) is 3.69. The molecule has 1 aromatic rings. The fraction of sp³-hybridized carbons (Fsp3) is 0.467. The maximum atomic E-state index is 12.5. The molecule has 1 atom stereocenters. The van der Waals surface area contributed by atoms with Crippen LogP contribution in [0.3, 0.4) is 0 Å². The van der Waals surface area contributed by atoms with E-state index in [9.17, 15) is 19.7 Å². The summed E-state index contributed by atoms with van der Waals surface area (Å²) in [6.07, 6.45) is 0.479. The van der Waals surface area contributed by atoms with Gasteiger partial charge >= 0.3 is 6.03 Å². The summed E-state index contributed by atoms with van der Waals surface area (Å²) >= 11 is 0. The van der Waals surface area contributed by atoms with Gasteiger partial charge in [0.15, 0.2) is 0 Å². The molecule has 1 fully saturated rings. The average molecular weight is 336 g/mol. The highest BCUT2D eigenvalue weighted by atomic mass is 16.6. The first-order chi connectivity index (χ1) is 11.5. The summed E-state index contributed by atoms with van der Waals surface area (Å²) in [5, 5.41) is 16.3. The van der Waals surface area contributed by atoms with Crippen LogP contribution in [-0.4, -0.2) is 47.5 Å². The number of benzene rings is 1. The number of nitro benzene ring substituents is 1. The zero-order valence-corrected chi connectivity index (χ0v) is 13.6. The van der Waals surface area contributed by atoms with E-state index in [1.807, 2.05) is 6.92 Å². The standard InChI is InChI=1S/C15H20N4O5/c1-3-12-14(20)16-7-8-18(12)15(21)17-11-9-10(19(22)23)5-6-13(11)24-4-2/h5-6,9,12H,3-4,7-8H2,1-2H3,(H,16,20)(H,17,21)/t12-/m1/s1. The van der Waals surface area contributed by atoms with Crippen molar-refractivity contribution in [3.05, 3.63) is 28.3 Å². The molecule has 24 heavy (non-hydrogen) atoms. The molecule has 9 heteroatoms. The maximum absolute atomic E-state index is 12.5. The topological polar surface area (TPSA) is 114 Å². The number of nitro groups is 1. The predicted octanol–water partition coefficient (Wildman–Crippen LogP) is 1.74. The Labute approximate surface area is 139 Å². The van der Waals surface area contributed by atoms with Crippen LogP contribution in [0.25, 0.3) is 0 Å². The first-order valence-electron chi connectivity index (χ1n) is 7.74. The highest BCUT2D eigenvalue weighted by Gasteiger charge is 2.32. The Morgan fingerprint density at radius 1 is 1.50 bits per heavy atom. The number of nitrogens with zero attached hydrogens (tertiary/aromatic N) is 2. The molecule has 1 heterocycles. The summed E-state index contributed by atoms with van der Waals surface area (Å²) < 4.78 is 5.40. The lowest BCUT2D eigenvalue weighted by molar-refractivity contribution is -0.384. The number of urea groups is 1. The number of hydrogen-bond acceptors (Lipinski definition) is 5. The molecule has 0 aromatic heterocycles. The van der Waals surface area contributed by atoms with Gasteiger partial charge in [-0.3, -0.25) is 14.9 Å². The summed E-state index contributed by atoms with van der Waals surface area (Å²) in [6.45, 7) is 4.68. The van der Waals surface area contributed by atoms with Crippen molar-refractivity contribution in [3.8, 4) is 5.75 Å². The first kappa shape index (κ1) is 17.5. The van der Waals surface area contributed by atoms with Crippen molar-refractivity contribution in [1.82, 2.24) is 10.2 Å². The van der Waals surface area contributed by atoms with Crippen LogP contribution in [0.4, 0.5) is 16.2 Å². The van der Waals surface area contributed by atoms with Gasteiger partial charge in [0.2, 0.25) is 5.91 Å². The molecule has 9 nitrogen and oxygen atoms in total. The minimum atomic E-state index is -0.562. The summed E-state index contributed by atoms with van der Waals surface area (Å²) in [7, 11) is 0. The van der Waals surface area contributed by atoms with Crippen LogP contribution in [0.15, 0.2) is 18.2 Å². The molecule has 2 rings (SSSR count). The zero-order chi connectivity index (χ0) is 17.7. The molecule has 0 spiro atoms. The normalized spacial score (nSPS) is 17.2. The van der Waals surface area contributed by atoms with Crippen molar-refractivity contribution in [2.45, 2.75) is 26.3 Å². The summed E-state index contributed by atoms with van der Waals surface area (Å²) in [4.78, 5) is 36.2. The van der Waals surface area contributed by atoms with E-state index in [0.717, 1.165) is 0 Å². The van der Waals surface area contributed by atoms with Crippen molar-refractivity contribution in [3.63, 3.8) is 0 Å². The number of ether oxygens (including phenoxy) is 1. The summed E-state index contributed by atoms with van der Waals surface area (Å²) in [5.74, 6) is 0.133. The molecule has 3 amide bonds. The van der Waals surface area contributed by atoms with Gasteiger partial charge in [-0.2, -0.15) is 0 Å². The van der Waals surface area contributed by atoms with Crippen LogP contribution in [0.1, 0.15) is 20.3 Å². The van der Waals surface area contributed by atoms with Gasteiger partial charge in [0.1, 0.15) is 11.8 Å². The fourth-order valence-corrected chi connectivity index (χ4v) is 2.56. The van der Waals surface area contributed by atoms with Gasteiger partial charge in [-0.05, 0) is 19.4 Å². The predicted molar refractivity (Wildman–Crippen MR) is 87.1 cm³/mol. The van der Waals surface area contributed by atoms with Gasteiger partial charge in [0.05, 0.1) is 17.2 Å². The Balaban J connectivity index is 2.24. The SMILES string of the molecule is CCOc1ccc([N+](=O)[O-])cc1NC(=O)N1CCNC(=O)[C@H]1CC. The molecule has 0 bridgehead atoms. The van der Waals surface area contributed by atoms with E-state index < -0.39 is 17.0 Å². The molecule has 1 saturated heterocycles. The van der Waals surface area contributed by atoms with Gasteiger partial charge in [-0.1, -0.05) is 6.92 Å². The van der Waals surface area contributed by atoms with Crippen molar-refractivity contribution >= 4 is 23.3 Å². The second-order valence-electron chi connectivity index (χ2n) is 5.21. The van der Waals surface area contributed by atoms with Gasteiger partial charge in [0.25, 0.3) is 5.69 Å². The zero-order valence-electron chi connectivity index (χ0n) is 13.6. The van der Waals surface area contributed by atoms with Crippen LogP contribution < -0.4 is 15.4 Å². The smallest absolute Gasteiger partial charge is 0.322 e. The third-order valence-electron chi connectivity index (χ3n) is 3.69. The number of rotatable bonds is 5. The first-order valence-corrected chi connectivity index (χ1v) is 7.74. The van der Waals surface area contributed by atoms with Crippen molar-refractivity contribution < 1.29 is 19.2 Å². The Hall–Kier alpha value is -2.84. The number of anilines is 1. The van der Waals surface area contributed by atoms with E-state index in [1.54, 1.807) is 6.92 Å². The van der Waals surface area contributed by atoms with Gasteiger partial charge in [0, 0.05) is 25.2 Å². The van der Waals surface area contributed by atoms with Crippen LogP contribution in [0.5, 0.6) is 5.75 Å². The second-order valence-corrected chi connectivity index (χ2v) is 5.21. The van der Waals surface area contributed by atoms with Crippen molar-refractivity contribution in [2.24, 2.45) is 0 Å². The molecule has 0 saturated carbocycles. The van der Waals surface area contributed by atoms with E-state index in [-0.39, 0.29) is 17.3 Å². The van der Waals surface area contributed by atoms with E-state index in [1.165, 1.54) is 23.1 Å². The largest absolute Gasteiger partial charge is 0.492 e. The van der Waals surface area contributed by atoms with Crippen molar-refractivity contribution in [1.29, 1.82) is 0 Å². The Morgan fingerprint density at radius 2 is 2.25 bits per heavy atom. The average Bonchev–Trinajstić information content (AvgIpc) is 2.56. The van der Waals surface area contributed by atoms with Crippen LogP contribution in [0, 0.1) is 10.1 Å². The van der Waals surface area contributed by atoms with Crippen LogP contribution in [0.2, 0.25) is 0 Å². The highest BCUT2D eigenvalue weighted by Crippen LogP contribution is 2.29. The highest BCUT2D eigenvalue weighted by molar-refractivity contribution is 5.95. The van der Waals surface area contributed by atoms with Crippen LogP contribution >= 0.6 is 0 Å². The second kappa shape index (κ2) is 7.62. The molecule has 1 aliphatic rings. The fourth-order valence-electron chi connectivity index (χ4n) is 2.56. The van der Waals surface area contributed by atoms with Gasteiger partial charge in [-0.25, -0.2) is 4.79 Å². The monoisotopic (exact) mass is 336 g/mol. The minimum Gasteiger partial charge on any atom is -0.492 e. The quantitative estimate of drug-likeness (QED) is 0.628. The maximum Gasteiger partial charge on any atom is 0.322 e. The lowest BCUT2D eigenvalue weighted by Gasteiger charge is -2.34. The molecule has 2 N–H and O–H groups in total. The number of hydrogen-bond donors (Lipinski definition) is 2. The molecule has 130 valence electrons. The molecular weight excluding hydrogens is 316 g/mol. The summed E-state index contributed by atoms with van der Waals surface area (Å²) in [5.41, 5.74) is 0.0501. The van der Waals surface area contributed by atoms with E-state index in [0.29, 0.717) is 31.9 Å². The van der Waals surface area contributed by atoms with Gasteiger partial charge in [-0.15, -0.1) is 0 Å². The van der Waals surface area contributed by atoms with Crippen LogP contribution in [-0.2, 0) is 4.79 Å². The number of amides is 3. The number of carbonyl (C=O) groups excluding carboxylic acids is 2. The molecule has 0 radical (unpaired) electrons. The van der Waals surface area contributed by atoms with E-state index >= 15 is 0 Å². The number of nitrogens with one attached hydrogen (secondary N) is 2. The number of piperazine rings is 1. The molecular formula is C15H20N4O5. The molecule has 0 aliphatic carbocycles. The summed E-state index contributed by atoms with van der Waals surface area (Å²) in [6, 6.07) is 2.95. The molecule has 0 unspecified atom stereocenters. The van der Waals surface area contributed by atoms with Crippen molar-refractivity contribution in [2.75, 3.05) is 25.0 Å². The van der Waals surface area contributed by atoms with E-state index in [2.05, 4.69) is 10.6 Å². The number of carbonyl (C=O) groups is 2. The Bertz CT molecular complexity index is 649. The Morgan fingerprint density at radius 3 is 2.88 bits per heavy atom. The molecule has 1 aliphatic heterocycles. The minimum absolute atomic E-state index is 0.155. The number of non-ortho nitro benzene ring substituents is 1. The lowest BCUT2D eigenvalue weighted by Crippen LogP contribution is -2.57. The van der Waals surface area contributed by atoms with E-state index in [4.69, 9.17) is 4.74 Å². The lowest BCUT2D eigenvalue weighted by atomic mass is 10.1. The third kappa shape index (κ3) is 3.73. The Kier molecular flexibility index (Phi) is 5.56.